The van der Waals surface area contributed by atoms with Crippen LogP contribution in [0.2, 0.25) is 0 Å². The van der Waals surface area contributed by atoms with Crippen molar-refractivity contribution in [1.29, 1.82) is 0 Å². The normalized spacial score (nSPS) is 14.4. The molecule has 68 heavy (non-hydrogen) atoms. The molecule has 26 heteroatoms. The van der Waals surface area contributed by atoms with E-state index in [2.05, 4.69) is 37.2 Å². The molecule has 0 bridgehead atoms. The molecule has 0 aromatic carbocycles. The predicted molar refractivity (Wildman–Crippen MR) is 266 cm³/mol. The standard InChI is InChI=1S/C42H75N11O11S4/c1-41(2,3)63-37(61)48-21-12-24-52(25-13-22-49-38(62)64-42(4,5)6)33(57)17-11-16-30(54)47-23-18-34(58)53(26-31(55)45-19-9-7-14-28(35(43)59)50-39-65-66-39)27-32(56)46-20-10-8-15-29(36(44)60)51-40-67-68-40/h28-29,39-40,50-51H,7-27H2,1-6H3,(H2,43,59)(H2,44,60)(H,45,55)(H,46,56)(H,47,54)(H,48,61)(H,49,62)/t28-,29-/m0/s1. The van der Waals surface area contributed by atoms with Crippen molar-refractivity contribution in [2.75, 3.05) is 58.9 Å². The second-order valence-electron chi connectivity index (χ2n) is 18.1. The van der Waals surface area contributed by atoms with Gasteiger partial charge in [0.05, 0.1) is 12.1 Å². The topological polar surface area (TPSA) is 315 Å². The van der Waals surface area contributed by atoms with Crippen LogP contribution in [0.4, 0.5) is 9.59 Å². The molecule has 2 fully saturated rings. The van der Waals surface area contributed by atoms with E-state index in [1.165, 1.54) is 0 Å². The highest BCUT2D eigenvalue weighted by Crippen LogP contribution is 2.51. The van der Waals surface area contributed by atoms with Gasteiger partial charge in [-0.3, -0.25) is 44.2 Å². The van der Waals surface area contributed by atoms with Crippen LogP contribution in [0.25, 0.3) is 0 Å². The Morgan fingerprint density at radius 3 is 1.28 bits per heavy atom. The fourth-order valence-corrected chi connectivity index (χ4v) is 8.22. The van der Waals surface area contributed by atoms with Crippen LogP contribution in [0.3, 0.4) is 0 Å². The Bertz CT molecular complexity index is 1570. The van der Waals surface area contributed by atoms with E-state index in [0.29, 0.717) is 64.5 Å². The number of unbranched alkanes of at least 4 members (excludes halogenated alkanes) is 2. The third kappa shape index (κ3) is 31.3. The molecule has 2 heterocycles. The second kappa shape index (κ2) is 32.1. The molecule has 2 atom stereocenters. The molecule has 388 valence electrons. The van der Waals surface area contributed by atoms with Crippen LogP contribution in [0.1, 0.15) is 119 Å². The zero-order valence-electron chi connectivity index (χ0n) is 40.3. The van der Waals surface area contributed by atoms with Crippen molar-refractivity contribution in [2.45, 2.75) is 151 Å². The van der Waals surface area contributed by atoms with Gasteiger partial charge in [-0.05, 0) is 99.3 Å². The number of carbonyl (C=O) groups excluding carboxylic acids is 9. The number of alkyl carbamates (subject to hydrolysis) is 2. The molecular weight excluding hydrogens is 963 g/mol. The summed E-state index contributed by atoms with van der Waals surface area (Å²) < 4.78 is 10.8. The molecule has 0 spiro atoms. The van der Waals surface area contributed by atoms with Crippen molar-refractivity contribution in [2.24, 2.45) is 11.5 Å². The highest BCUT2D eigenvalue weighted by Gasteiger charge is 2.30. The van der Waals surface area contributed by atoms with Gasteiger partial charge in [0.15, 0.2) is 0 Å². The molecule has 2 rings (SSSR count). The molecule has 22 nitrogen and oxygen atoms in total. The van der Waals surface area contributed by atoms with E-state index < -0.39 is 84.0 Å². The first-order chi connectivity index (χ1) is 32.0. The summed E-state index contributed by atoms with van der Waals surface area (Å²) in [5.74, 6) is -3.01. The Kier molecular flexibility index (Phi) is 28.5. The molecule has 2 aliphatic rings. The van der Waals surface area contributed by atoms with Gasteiger partial charge in [0.25, 0.3) is 0 Å². The van der Waals surface area contributed by atoms with Gasteiger partial charge in [-0.2, -0.15) is 0 Å². The van der Waals surface area contributed by atoms with Gasteiger partial charge in [0.1, 0.15) is 33.7 Å². The number of ether oxygens (including phenoxy) is 2. The van der Waals surface area contributed by atoms with Crippen LogP contribution in [-0.2, 0) is 43.0 Å². The van der Waals surface area contributed by atoms with Crippen molar-refractivity contribution in [3.8, 4) is 0 Å². The van der Waals surface area contributed by atoms with Crippen molar-refractivity contribution < 1.29 is 52.6 Å². The third-order valence-electron chi connectivity index (χ3n) is 9.61. The van der Waals surface area contributed by atoms with Crippen molar-refractivity contribution >= 4 is 96.7 Å². The zero-order chi connectivity index (χ0) is 50.7. The van der Waals surface area contributed by atoms with Crippen LogP contribution in [0, 0.1) is 0 Å². The van der Waals surface area contributed by atoms with Crippen LogP contribution >= 0.6 is 43.2 Å². The Morgan fingerprint density at radius 2 is 0.882 bits per heavy atom. The highest BCUT2D eigenvalue weighted by atomic mass is 33.2. The van der Waals surface area contributed by atoms with Gasteiger partial charge in [0, 0.05) is 65.1 Å². The van der Waals surface area contributed by atoms with E-state index in [-0.39, 0.29) is 73.7 Å². The minimum atomic E-state index is -0.660. The molecule has 0 aromatic heterocycles. The number of nitrogens with two attached hydrogens (primary N) is 2. The first-order valence-electron chi connectivity index (χ1n) is 23.1. The van der Waals surface area contributed by atoms with Crippen LogP contribution in [0.5, 0.6) is 0 Å². The minimum absolute atomic E-state index is 0.00773. The lowest BCUT2D eigenvalue weighted by atomic mass is 10.1. The molecule has 2 aliphatic heterocycles. The number of nitrogens with zero attached hydrogens (tertiary/aromatic N) is 2. The monoisotopic (exact) mass is 1040 g/mol. The number of primary amides is 2. The summed E-state index contributed by atoms with van der Waals surface area (Å²) in [4.78, 5) is 116. The van der Waals surface area contributed by atoms with E-state index in [1.807, 2.05) is 0 Å². The lowest BCUT2D eigenvalue weighted by Crippen LogP contribution is -2.46. The van der Waals surface area contributed by atoms with Crippen molar-refractivity contribution in [3.05, 3.63) is 0 Å². The molecule has 11 N–H and O–H groups in total. The maximum Gasteiger partial charge on any atom is 0.407 e. The average Bonchev–Trinajstić information content (AvgIpc) is 4.18. The van der Waals surface area contributed by atoms with Crippen LogP contribution in [0.15, 0.2) is 0 Å². The maximum absolute atomic E-state index is 13.4. The summed E-state index contributed by atoms with van der Waals surface area (Å²) >= 11 is 0. The SMILES string of the molecule is CC(C)(C)OC(=O)NCCCN(CCCNC(=O)OC(C)(C)C)C(=O)CCCC(=O)NCCC(=O)N(CC(=O)NCCCC[C@H](NC1SS1)C(N)=O)CC(=O)NCCCC[C@H](NC1SS1)C(N)=O. The fraction of sp³-hybridized carbons (Fsp3) is 0.786. The average molecular weight is 1040 g/mol. The molecule has 0 radical (unpaired) electrons. The summed E-state index contributed by atoms with van der Waals surface area (Å²) in [5.41, 5.74) is 9.69. The number of nitrogens with one attached hydrogen (secondary N) is 7. The molecule has 0 aromatic rings. The van der Waals surface area contributed by atoms with E-state index in [4.69, 9.17) is 20.9 Å². The Balaban J connectivity index is 1.87. The van der Waals surface area contributed by atoms with Crippen LogP contribution in [-0.4, -0.2) is 155 Å². The Hall–Kier alpha value is -3.85. The molecule has 0 unspecified atom stereocenters. The first kappa shape index (κ1) is 60.3. The molecule has 0 saturated carbocycles. The Labute approximate surface area is 416 Å². The summed E-state index contributed by atoms with van der Waals surface area (Å²) in [6.07, 6.45) is 3.11. The van der Waals surface area contributed by atoms with E-state index >= 15 is 0 Å². The van der Waals surface area contributed by atoms with Gasteiger partial charge in [-0.1, -0.05) is 43.2 Å². The fourth-order valence-electron chi connectivity index (χ4n) is 6.23. The molecular formula is C42H75N11O11S4. The van der Waals surface area contributed by atoms with Gasteiger partial charge in [-0.15, -0.1) is 0 Å². The van der Waals surface area contributed by atoms with Gasteiger partial charge in [-0.25, -0.2) is 9.59 Å². The lowest BCUT2D eigenvalue weighted by molar-refractivity contribution is -0.139. The summed E-state index contributed by atoms with van der Waals surface area (Å²) in [5, 5.41) is 19.8. The smallest absolute Gasteiger partial charge is 0.407 e. The van der Waals surface area contributed by atoms with Gasteiger partial charge in [0.2, 0.25) is 41.4 Å². The zero-order valence-corrected chi connectivity index (χ0v) is 43.6. The number of carbonyl (C=O) groups is 9. The lowest BCUT2D eigenvalue weighted by Gasteiger charge is -2.24. The van der Waals surface area contributed by atoms with E-state index in [1.54, 1.807) is 89.6 Å². The molecule has 0 aliphatic carbocycles. The van der Waals surface area contributed by atoms with Gasteiger partial charge < -0.3 is 57.3 Å². The highest BCUT2D eigenvalue weighted by molar-refractivity contribution is 8.93. The summed E-state index contributed by atoms with van der Waals surface area (Å²) in [6, 6.07) is -0.953. The minimum Gasteiger partial charge on any atom is -0.444 e. The second-order valence-corrected chi connectivity index (χ2v) is 23.7. The molecule has 9 amide bonds. The van der Waals surface area contributed by atoms with Crippen molar-refractivity contribution in [3.63, 3.8) is 0 Å². The van der Waals surface area contributed by atoms with E-state index in [9.17, 15) is 43.2 Å². The number of rotatable bonds is 35. The maximum atomic E-state index is 13.4. The summed E-state index contributed by atoms with van der Waals surface area (Å²) in [6.45, 7) is 11.3. The summed E-state index contributed by atoms with van der Waals surface area (Å²) in [7, 11) is 6.44. The first-order valence-corrected chi connectivity index (χ1v) is 27.6. The Morgan fingerprint density at radius 1 is 0.485 bits per heavy atom. The molecule has 2 saturated heterocycles. The largest absolute Gasteiger partial charge is 0.444 e. The van der Waals surface area contributed by atoms with Crippen LogP contribution < -0.4 is 48.7 Å². The van der Waals surface area contributed by atoms with E-state index in [0.717, 1.165) is 4.90 Å². The number of hydrogen-bond acceptors (Lipinski definition) is 17. The predicted octanol–water partition coefficient (Wildman–Crippen LogP) is 1.97. The number of hydrogen-bond donors (Lipinski definition) is 9. The van der Waals surface area contributed by atoms with Gasteiger partial charge >= 0.3 is 12.2 Å². The number of amides is 9. The van der Waals surface area contributed by atoms with Crippen molar-refractivity contribution in [1.82, 2.24) is 47.0 Å². The third-order valence-corrected chi connectivity index (χ3v) is 13.2. The quantitative estimate of drug-likeness (QED) is 0.0249.